The third-order valence-electron chi connectivity index (χ3n) is 1.51. The summed E-state index contributed by atoms with van der Waals surface area (Å²) in [5.41, 5.74) is -0.672. The van der Waals surface area contributed by atoms with E-state index in [0.717, 1.165) is 0 Å². The maximum absolute atomic E-state index is 11.2. The maximum atomic E-state index is 11.2. The summed E-state index contributed by atoms with van der Waals surface area (Å²) in [6.07, 6.45) is 0. The molecule has 0 saturated carbocycles. The van der Waals surface area contributed by atoms with Crippen molar-refractivity contribution < 1.29 is 14.3 Å². The van der Waals surface area contributed by atoms with Gasteiger partial charge in [-0.15, -0.1) is 0 Å². The van der Waals surface area contributed by atoms with Gasteiger partial charge in [-0.25, -0.2) is 0 Å². The summed E-state index contributed by atoms with van der Waals surface area (Å²) < 4.78 is 9.12. The molecule has 0 aliphatic carbocycles. The SMILES string of the molecule is CCOc1nc2c(no[n+]2[O-])[nH]c1=O. The Morgan fingerprint density at radius 2 is 2.50 bits per heavy atom. The van der Waals surface area contributed by atoms with Gasteiger partial charge in [0.2, 0.25) is 0 Å². The monoisotopic (exact) mass is 198 g/mol. The largest absolute Gasteiger partial charge is 0.462 e. The Labute approximate surface area is 76.7 Å². The first kappa shape index (κ1) is 8.48. The summed E-state index contributed by atoms with van der Waals surface area (Å²) in [6, 6.07) is 0. The third kappa shape index (κ3) is 1.16. The first-order valence-corrected chi connectivity index (χ1v) is 3.85. The minimum atomic E-state index is -0.548. The van der Waals surface area contributed by atoms with Crippen LogP contribution in [0.25, 0.3) is 11.3 Å². The van der Waals surface area contributed by atoms with Crippen molar-refractivity contribution in [2.24, 2.45) is 0 Å². The number of aromatic amines is 1. The number of hydrogen-bond acceptors (Lipinski definition) is 6. The predicted octanol–water partition coefficient (Wildman–Crippen LogP) is -1.06. The molecule has 0 saturated heterocycles. The Kier molecular flexibility index (Phi) is 1.80. The lowest BCUT2D eigenvalue weighted by atomic mass is 10.6. The van der Waals surface area contributed by atoms with Crippen LogP contribution in [0, 0.1) is 5.21 Å². The lowest BCUT2D eigenvalue weighted by Crippen LogP contribution is -2.25. The summed E-state index contributed by atoms with van der Waals surface area (Å²) in [7, 11) is 0. The Hall–Kier alpha value is -2.12. The summed E-state index contributed by atoms with van der Waals surface area (Å²) in [6.45, 7) is 1.98. The van der Waals surface area contributed by atoms with Crippen LogP contribution in [0.4, 0.5) is 0 Å². The number of aromatic nitrogens is 4. The van der Waals surface area contributed by atoms with Gasteiger partial charge in [-0.05, 0) is 12.1 Å². The van der Waals surface area contributed by atoms with Crippen molar-refractivity contribution in [1.29, 1.82) is 0 Å². The highest BCUT2D eigenvalue weighted by atomic mass is 16.8. The van der Waals surface area contributed by atoms with Crippen LogP contribution in [0.15, 0.2) is 9.42 Å². The highest BCUT2D eigenvalue weighted by Gasteiger charge is 2.17. The quantitative estimate of drug-likeness (QED) is 0.616. The van der Waals surface area contributed by atoms with E-state index in [-0.39, 0.29) is 28.7 Å². The Bertz CT molecular complexity index is 516. The standard InChI is InChI=1S/C6H6N4O4/c1-2-13-6-5(11)7-3-4(8-6)10(12)14-9-3/h2H2,1H3,(H,7,9,11). The zero-order valence-electron chi connectivity index (χ0n) is 7.18. The average Bonchev–Trinajstić information content (AvgIpc) is 2.49. The van der Waals surface area contributed by atoms with Gasteiger partial charge in [-0.3, -0.25) is 9.78 Å². The van der Waals surface area contributed by atoms with Gasteiger partial charge in [0.25, 0.3) is 0 Å². The lowest BCUT2D eigenvalue weighted by Gasteiger charge is -1.94. The van der Waals surface area contributed by atoms with Crippen molar-refractivity contribution in [1.82, 2.24) is 15.1 Å². The number of hydrogen-bond donors (Lipinski definition) is 1. The molecule has 1 N–H and O–H groups in total. The van der Waals surface area contributed by atoms with E-state index in [0.29, 0.717) is 0 Å². The van der Waals surface area contributed by atoms with Crippen molar-refractivity contribution >= 4 is 11.3 Å². The van der Waals surface area contributed by atoms with Gasteiger partial charge in [0, 0.05) is 0 Å². The number of rotatable bonds is 2. The van der Waals surface area contributed by atoms with Crippen LogP contribution in [0.1, 0.15) is 6.92 Å². The molecule has 0 radical (unpaired) electrons. The molecule has 2 heterocycles. The zero-order valence-corrected chi connectivity index (χ0v) is 7.18. The highest BCUT2D eigenvalue weighted by molar-refractivity contribution is 5.59. The van der Waals surface area contributed by atoms with Gasteiger partial charge >= 0.3 is 22.7 Å². The van der Waals surface area contributed by atoms with Gasteiger partial charge in [0.05, 0.1) is 6.61 Å². The fraction of sp³-hybridized carbons (Fsp3) is 0.333. The first-order chi connectivity index (χ1) is 6.72. The second-order valence-electron chi connectivity index (χ2n) is 2.41. The van der Waals surface area contributed by atoms with Crippen LogP contribution in [0.3, 0.4) is 0 Å². The summed E-state index contributed by atoms with van der Waals surface area (Å²) in [4.78, 5) is 17.2. The molecule has 74 valence electrons. The fourth-order valence-corrected chi connectivity index (χ4v) is 0.959. The van der Waals surface area contributed by atoms with Crippen LogP contribution >= 0.6 is 0 Å². The van der Waals surface area contributed by atoms with Crippen LogP contribution in [0.2, 0.25) is 0 Å². The van der Waals surface area contributed by atoms with Gasteiger partial charge < -0.3 is 14.6 Å². The molecule has 0 spiro atoms. The lowest BCUT2D eigenvalue weighted by molar-refractivity contribution is -0.783. The van der Waals surface area contributed by atoms with Crippen molar-refractivity contribution in [2.45, 2.75) is 6.92 Å². The highest BCUT2D eigenvalue weighted by Crippen LogP contribution is 2.02. The van der Waals surface area contributed by atoms with Gasteiger partial charge in [-0.2, -0.15) is 0 Å². The fourth-order valence-electron chi connectivity index (χ4n) is 0.959. The van der Waals surface area contributed by atoms with Crippen molar-refractivity contribution in [2.75, 3.05) is 6.61 Å². The minimum absolute atomic E-state index is 0.00606. The molecule has 0 fully saturated rings. The van der Waals surface area contributed by atoms with Gasteiger partial charge in [0.1, 0.15) is 0 Å². The minimum Gasteiger partial charge on any atom is -0.462 e. The van der Waals surface area contributed by atoms with Crippen molar-refractivity contribution in [3.8, 4) is 5.88 Å². The third-order valence-corrected chi connectivity index (χ3v) is 1.51. The normalized spacial score (nSPS) is 10.6. The second-order valence-corrected chi connectivity index (χ2v) is 2.41. The Morgan fingerprint density at radius 3 is 3.21 bits per heavy atom. The molecule has 0 unspecified atom stereocenters. The number of nitrogens with zero attached hydrogens (tertiary/aromatic N) is 3. The van der Waals surface area contributed by atoms with Crippen LogP contribution in [-0.4, -0.2) is 21.7 Å². The summed E-state index contributed by atoms with van der Waals surface area (Å²) in [5.74, 6) is -0.173. The molecular formula is C6H6N4O4. The van der Waals surface area contributed by atoms with Gasteiger partial charge in [0.15, 0.2) is 0 Å². The molecule has 14 heavy (non-hydrogen) atoms. The van der Waals surface area contributed by atoms with E-state index in [9.17, 15) is 10.0 Å². The van der Waals surface area contributed by atoms with Crippen molar-refractivity contribution in [3.05, 3.63) is 15.6 Å². The van der Waals surface area contributed by atoms with Crippen LogP contribution < -0.4 is 15.2 Å². The molecule has 0 amide bonds. The number of nitrogens with one attached hydrogen (secondary N) is 1. The smallest absolute Gasteiger partial charge is 0.363 e. The van der Waals surface area contributed by atoms with Crippen molar-refractivity contribution in [3.63, 3.8) is 0 Å². The number of ether oxygens (including phenoxy) is 1. The molecular weight excluding hydrogens is 192 g/mol. The molecule has 0 aliphatic rings. The molecule has 0 aliphatic heterocycles. The molecule has 0 aromatic carbocycles. The molecule has 8 nitrogen and oxygen atoms in total. The summed E-state index contributed by atoms with van der Waals surface area (Å²) >= 11 is 0. The van der Waals surface area contributed by atoms with E-state index in [1.54, 1.807) is 6.92 Å². The van der Waals surface area contributed by atoms with E-state index in [1.165, 1.54) is 0 Å². The van der Waals surface area contributed by atoms with Gasteiger partial charge in [-0.1, -0.05) is 9.89 Å². The maximum Gasteiger partial charge on any atom is 0.363 e. The second kappa shape index (κ2) is 2.98. The number of fused-ring (bicyclic) bond motifs is 1. The Morgan fingerprint density at radius 1 is 1.71 bits per heavy atom. The van der Waals surface area contributed by atoms with E-state index in [4.69, 9.17) is 4.74 Å². The molecule has 0 atom stereocenters. The molecule has 2 aromatic rings. The van der Waals surface area contributed by atoms with E-state index < -0.39 is 5.56 Å². The summed E-state index contributed by atoms with van der Waals surface area (Å²) in [5, 5.41) is 14.2. The van der Waals surface area contributed by atoms with E-state index >= 15 is 0 Å². The molecule has 2 aromatic heterocycles. The first-order valence-electron chi connectivity index (χ1n) is 3.85. The van der Waals surface area contributed by atoms with Crippen LogP contribution in [0.5, 0.6) is 5.88 Å². The molecule has 2 rings (SSSR count). The average molecular weight is 198 g/mol. The zero-order chi connectivity index (χ0) is 10.1. The number of H-pyrrole nitrogens is 1. The molecule has 8 heteroatoms. The van der Waals surface area contributed by atoms with Crippen LogP contribution in [-0.2, 0) is 0 Å². The van der Waals surface area contributed by atoms with E-state index in [2.05, 4.69) is 19.8 Å². The topological polar surface area (TPSA) is 108 Å². The van der Waals surface area contributed by atoms with E-state index in [1.807, 2.05) is 0 Å². The predicted molar refractivity (Wildman–Crippen MR) is 42.6 cm³/mol. The molecule has 0 bridgehead atoms. The Balaban J connectivity index is 2.68.